The summed E-state index contributed by atoms with van der Waals surface area (Å²) in [6.45, 7) is -1.91. The molecule has 0 atom stereocenters. The van der Waals surface area contributed by atoms with Crippen LogP contribution in [0.5, 0.6) is 0 Å². The first kappa shape index (κ1) is 9.54. The van der Waals surface area contributed by atoms with Crippen LogP contribution in [0.2, 0.25) is 0 Å². The normalized spacial score (nSPS) is 12.2. The minimum Gasteiger partial charge on any atom is -0.332 e. The Balaban J connectivity index is 4.69. The van der Waals surface area contributed by atoms with Crippen LogP contribution >= 0.6 is 0 Å². The van der Waals surface area contributed by atoms with Crippen LogP contribution in [0.3, 0.4) is 0 Å². The third kappa shape index (κ3) is 2.90. The van der Waals surface area contributed by atoms with Gasteiger partial charge in [0.05, 0.1) is 0 Å². The van der Waals surface area contributed by atoms with Crippen LogP contribution in [0.4, 0.5) is 0 Å². The van der Waals surface area contributed by atoms with E-state index in [1.165, 1.54) is 7.11 Å². The summed E-state index contributed by atoms with van der Waals surface area (Å²) in [5.74, 6) is 0. The van der Waals surface area contributed by atoms with Gasteiger partial charge in [-0.15, -0.1) is 0 Å². The summed E-state index contributed by atoms with van der Waals surface area (Å²) < 4.78 is 4.72. The second kappa shape index (κ2) is 3.65. The summed E-state index contributed by atoms with van der Waals surface area (Å²) in [6, 6.07) is 0. The average molecular weight is 223 g/mol. The van der Waals surface area contributed by atoms with Crippen molar-refractivity contribution in [1.29, 1.82) is 0 Å². The van der Waals surface area contributed by atoms with Gasteiger partial charge >= 0.3 is 0 Å². The van der Waals surface area contributed by atoms with Crippen LogP contribution in [-0.4, -0.2) is 7.11 Å². The van der Waals surface area contributed by atoms with Crippen molar-refractivity contribution in [3.05, 3.63) is 0 Å². The molecular formula is CH3OS6-. The van der Waals surface area contributed by atoms with Crippen molar-refractivity contribution in [2.24, 2.45) is 0 Å². The Kier molecular flexibility index (Phi) is 4.35. The maximum absolute atomic E-state index is 4.75. The summed E-state index contributed by atoms with van der Waals surface area (Å²) in [5.41, 5.74) is 0. The molecule has 0 saturated heterocycles. The monoisotopic (exact) mass is 223 g/mol. The molecule has 0 aromatic heterocycles. The predicted octanol–water partition coefficient (Wildman–Crippen LogP) is 0.0827. The molecule has 1 nitrogen and oxygen atoms in total. The lowest BCUT2D eigenvalue weighted by Gasteiger charge is -2.09. The first-order chi connectivity index (χ1) is 3.50. The SMILES string of the molecule is COS(=S)(=S)[S-](=S)=S. The molecule has 8 heavy (non-hydrogen) atoms. The highest BCUT2D eigenvalue weighted by Gasteiger charge is 1.79. The Morgan fingerprint density at radius 3 is 1.75 bits per heavy atom. The molecule has 0 fully saturated rings. The van der Waals surface area contributed by atoms with Gasteiger partial charge in [0.1, 0.15) is 0 Å². The van der Waals surface area contributed by atoms with Gasteiger partial charge in [0.2, 0.25) is 0 Å². The highest BCUT2D eigenvalue weighted by atomic mass is 33.7. The minimum atomic E-state index is -1.91. The van der Waals surface area contributed by atoms with E-state index in [1.807, 2.05) is 0 Å². The van der Waals surface area contributed by atoms with Crippen molar-refractivity contribution in [2.45, 2.75) is 0 Å². The molecule has 0 bridgehead atoms. The Bertz CT molecular complexity index is 209. The van der Waals surface area contributed by atoms with Crippen LogP contribution < -0.4 is 0 Å². The van der Waals surface area contributed by atoms with Crippen molar-refractivity contribution >= 4 is 58.3 Å². The third-order valence-electron chi connectivity index (χ3n) is 0.371. The Morgan fingerprint density at radius 1 is 1.38 bits per heavy atom. The average Bonchev–Trinajstić information content (AvgIpc) is 1.67. The molecule has 0 N–H and O–H groups in total. The van der Waals surface area contributed by atoms with E-state index < -0.39 is 13.5 Å². The van der Waals surface area contributed by atoms with E-state index in [0.29, 0.717) is 0 Å². The lowest BCUT2D eigenvalue weighted by Crippen LogP contribution is -1.96. The molecule has 0 heterocycles. The summed E-state index contributed by atoms with van der Waals surface area (Å²) in [4.78, 5) is 0. The molecule has 0 aliphatic rings. The van der Waals surface area contributed by atoms with Gasteiger partial charge in [0.15, 0.2) is 0 Å². The molecule has 7 heteroatoms. The number of hydrogen-bond acceptors (Lipinski definition) is 6. The molecule has 0 spiro atoms. The maximum Gasteiger partial charge on any atom is 0.0487 e. The fourth-order valence-electron chi connectivity index (χ4n) is 0.0556. The summed E-state index contributed by atoms with van der Waals surface area (Å²) in [6.07, 6.45) is 0. The Morgan fingerprint density at radius 2 is 1.75 bits per heavy atom. The van der Waals surface area contributed by atoms with E-state index in [0.717, 1.165) is 0 Å². The smallest absolute Gasteiger partial charge is 0.0487 e. The van der Waals surface area contributed by atoms with Crippen LogP contribution in [0.1, 0.15) is 0 Å². The molecule has 0 aliphatic heterocycles. The first-order valence-electron chi connectivity index (χ1n) is 1.41. The fourth-order valence-corrected chi connectivity index (χ4v) is 1.50. The lowest BCUT2D eigenvalue weighted by atomic mass is 11.8. The molecule has 0 aliphatic carbocycles. The molecule has 0 unspecified atom stereocenters. The predicted molar refractivity (Wildman–Crippen MR) is 51.2 cm³/mol. The van der Waals surface area contributed by atoms with E-state index in [-0.39, 0.29) is 0 Å². The summed E-state index contributed by atoms with van der Waals surface area (Å²) in [5, 5.41) is 0. The Labute approximate surface area is 69.1 Å². The van der Waals surface area contributed by atoms with E-state index >= 15 is 0 Å². The van der Waals surface area contributed by atoms with Gasteiger partial charge in [-0.05, 0) is 28.8 Å². The molecule has 50 valence electrons. The highest BCUT2D eigenvalue weighted by Crippen LogP contribution is 1.91. The van der Waals surface area contributed by atoms with Crippen LogP contribution in [0, 0.1) is 0 Å². The van der Waals surface area contributed by atoms with Crippen molar-refractivity contribution < 1.29 is 4.18 Å². The van der Waals surface area contributed by atoms with Gasteiger partial charge < -0.3 is 4.18 Å². The quantitative estimate of drug-likeness (QED) is 0.483. The molecule has 0 radical (unpaired) electrons. The largest absolute Gasteiger partial charge is 0.332 e. The van der Waals surface area contributed by atoms with Gasteiger partial charge in [0, 0.05) is 7.11 Å². The van der Waals surface area contributed by atoms with Crippen molar-refractivity contribution in [1.82, 2.24) is 0 Å². The van der Waals surface area contributed by atoms with E-state index in [4.69, 9.17) is 26.6 Å². The number of hydrogen-bond donors (Lipinski definition) is 0. The van der Waals surface area contributed by atoms with Crippen LogP contribution in [0.15, 0.2) is 0 Å². The second-order valence-electron chi connectivity index (χ2n) is 0.779. The molecule has 0 aromatic rings. The zero-order valence-corrected chi connectivity index (χ0v) is 8.76. The lowest BCUT2D eigenvalue weighted by molar-refractivity contribution is 0.491. The summed E-state index contributed by atoms with van der Waals surface area (Å²) >= 11 is 18.8. The van der Waals surface area contributed by atoms with E-state index in [1.54, 1.807) is 0 Å². The van der Waals surface area contributed by atoms with E-state index in [2.05, 4.69) is 22.4 Å². The van der Waals surface area contributed by atoms with Crippen molar-refractivity contribution in [3.8, 4) is 0 Å². The molecule has 0 rings (SSSR count). The standard InChI is InChI=1S/CH3OS6/c1-2-8(5,6)7(3)4/h1H3/q-1. The third-order valence-corrected chi connectivity index (χ3v) is 12.3. The first-order valence-corrected chi connectivity index (χ1v) is 8.41. The van der Waals surface area contributed by atoms with Gasteiger partial charge in [-0.25, -0.2) is 22.4 Å². The molecule has 0 amide bonds. The van der Waals surface area contributed by atoms with Crippen LogP contribution in [-0.2, 0) is 62.4 Å². The summed E-state index contributed by atoms with van der Waals surface area (Å²) in [7, 11) is 0.684. The minimum absolute atomic E-state index is 0.769. The Hall–Kier alpha value is 1.54. The van der Waals surface area contributed by atoms with Crippen molar-refractivity contribution in [2.75, 3.05) is 7.11 Å². The van der Waals surface area contributed by atoms with Crippen molar-refractivity contribution in [3.63, 3.8) is 0 Å². The van der Waals surface area contributed by atoms with Crippen LogP contribution in [0.25, 0.3) is 0 Å². The number of rotatable bonds is 2. The second-order valence-corrected chi connectivity index (χ2v) is 13.4. The van der Waals surface area contributed by atoms with Gasteiger partial charge in [0.25, 0.3) is 0 Å². The molecular weight excluding hydrogens is 220 g/mol. The zero-order valence-electron chi connectivity index (χ0n) is 3.86. The highest BCUT2D eigenvalue weighted by molar-refractivity contribution is 9.03. The van der Waals surface area contributed by atoms with Gasteiger partial charge in [-0.3, -0.25) is 7.05 Å². The topological polar surface area (TPSA) is 9.23 Å². The van der Waals surface area contributed by atoms with Gasteiger partial charge in [-0.1, -0.05) is 0 Å². The van der Waals surface area contributed by atoms with E-state index in [9.17, 15) is 0 Å². The molecule has 0 saturated carbocycles. The zero-order chi connectivity index (χ0) is 6.78. The van der Waals surface area contributed by atoms with Gasteiger partial charge in [-0.2, -0.15) is 0 Å². The molecule has 0 aromatic carbocycles. The maximum atomic E-state index is 4.75. The fraction of sp³-hybridized carbons (Fsp3) is 1.00.